The van der Waals surface area contributed by atoms with Crippen molar-refractivity contribution < 1.29 is 9.21 Å². The third-order valence-electron chi connectivity index (χ3n) is 6.34. The van der Waals surface area contributed by atoms with Gasteiger partial charge < -0.3 is 14.6 Å². The second kappa shape index (κ2) is 9.98. The van der Waals surface area contributed by atoms with E-state index in [9.17, 15) is 4.79 Å². The van der Waals surface area contributed by atoms with Gasteiger partial charge in [0.2, 0.25) is 5.91 Å². The first-order valence-electron chi connectivity index (χ1n) is 11.7. The molecule has 2 aromatic carbocycles. The lowest BCUT2D eigenvalue weighted by atomic mass is 10.2. The Labute approximate surface area is 199 Å². The molecule has 1 saturated heterocycles. The Morgan fingerprint density at radius 1 is 1.09 bits per heavy atom. The van der Waals surface area contributed by atoms with Crippen molar-refractivity contribution in [1.82, 2.24) is 9.88 Å². The van der Waals surface area contributed by atoms with Gasteiger partial charge in [-0.15, -0.1) is 0 Å². The van der Waals surface area contributed by atoms with Crippen molar-refractivity contribution in [1.29, 1.82) is 0 Å². The van der Waals surface area contributed by atoms with Crippen LogP contribution in [0, 0.1) is 5.92 Å². The summed E-state index contributed by atoms with van der Waals surface area (Å²) >= 11 is 6.23. The molecule has 6 nitrogen and oxygen atoms in total. The Hall–Kier alpha value is -2.83. The highest BCUT2D eigenvalue weighted by Gasteiger charge is 2.26. The van der Waals surface area contributed by atoms with Crippen molar-refractivity contribution in [3.05, 3.63) is 65.6 Å². The molecule has 0 atom stereocenters. The minimum absolute atomic E-state index is 0.0566. The molecule has 33 heavy (non-hydrogen) atoms. The van der Waals surface area contributed by atoms with Crippen LogP contribution in [0.2, 0.25) is 5.02 Å². The van der Waals surface area contributed by atoms with Crippen LogP contribution in [0.15, 0.2) is 59.1 Å². The van der Waals surface area contributed by atoms with Gasteiger partial charge in [-0.3, -0.25) is 9.69 Å². The number of halogens is 1. The number of amides is 1. The number of hydrogen-bond donors (Lipinski definition) is 1. The Morgan fingerprint density at radius 3 is 2.70 bits per heavy atom. The Balaban J connectivity index is 1.12. The molecule has 0 unspecified atom stereocenters. The number of piperazine rings is 1. The van der Waals surface area contributed by atoms with E-state index < -0.39 is 0 Å². The Morgan fingerprint density at radius 2 is 1.91 bits per heavy atom. The second-order valence-corrected chi connectivity index (χ2v) is 9.33. The zero-order chi connectivity index (χ0) is 22.6. The Bertz CT molecular complexity index is 1100. The predicted molar refractivity (Wildman–Crippen MR) is 132 cm³/mol. The van der Waals surface area contributed by atoms with Crippen LogP contribution in [0.3, 0.4) is 0 Å². The van der Waals surface area contributed by atoms with Crippen LogP contribution >= 0.6 is 11.6 Å². The van der Waals surface area contributed by atoms with Crippen molar-refractivity contribution in [2.24, 2.45) is 5.92 Å². The highest BCUT2D eigenvalue weighted by Crippen LogP contribution is 2.31. The maximum Gasteiger partial charge on any atom is 0.224 e. The van der Waals surface area contributed by atoms with Gasteiger partial charge in [0, 0.05) is 62.5 Å². The van der Waals surface area contributed by atoms with Gasteiger partial charge in [0.15, 0.2) is 11.7 Å². The van der Waals surface area contributed by atoms with E-state index in [0.717, 1.165) is 49.0 Å². The van der Waals surface area contributed by atoms with Gasteiger partial charge in [0.25, 0.3) is 0 Å². The molecule has 0 bridgehead atoms. The summed E-state index contributed by atoms with van der Waals surface area (Å²) in [5.74, 6) is 2.02. The molecule has 0 radical (unpaired) electrons. The molecular formula is C26H29ClN4O2. The summed E-state index contributed by atoms with van der Waals surface area (Å²) in [7, 11) is 0. The summed E-state index contributed by atoms with van der Waals surface area (Å²) in [6.45, 7) is 5.54. The van der Waals surface area contributed by atoms with Crippen LogP contribution in [0.5, 0.6) is 0 Å². The summed E-state index contributed by atoms with van der Waals surface area (Å²) in [4.78, 5) is 21.8. The molecular weight excluding hydrogens is 436 g/mol. The van der Waals surface area contributed by atoms with Crippen LogP contribution in [-0.4, -0.2) is 48.5 Å². The number of aromatic nitrogens is 1. The lowest BCUT2D eigenvalue weighted by Gasteiger charge is -2.36. The number of rotatable bonds is 8. The molecule has 2 heterocycles. The van der Waals surface area contributed by atoms with E-state index in [1.54, 1.807) is 6.20 Å². The molecule has 5 rings (SSSR count). The lowest BCUT2D eigenvalue weighted by Crippen LogP contribution is -2.47. The molecule has 3 aromatic rings. The number of oxazole rings is 1. The van der Waals surface area contributed by atoms with Crippen LogP contribution < -0.4 is 10.2 Å². The van der Waals surface area contributed by atoms with Gasteiger partial charge in [-0.25, -0.2) is 4.98 Å². The van der Waals surface area contributed by atoms with Crippen LogP contribution in [0.4, 0.5) is 11.4 Å². The molecule has 1 N–H and O–H groups in total. The Kier molecular flexibility index (Phi) is 6.65. The largest absolute Gasteiger partial charge is 0.441 e. The van der Waals surface area contributed by atoms with Crippen molar-refractivity contribution in [3.63, 3.8) is 0 Å². The maximum absolute atomic E-state index is 12.5. The smallest absolute Gasteiger partial charge is 0.224 e. The molecule has 1 amide bonds. The minimum atomic E-state index is -0.0566. The van der Waals surface area contributed by atoms with E-state index in [1.165, 1.54) is 19.4 Å². The summed E-state index contributed by atoms with van der Waals surface area (Å²) in [6.07, 6.45) is 5.19. The lowest BCUT2D eigenvalue weighted by molar-refractivity contribution is -0.116. The van der Waals surface area contributed by atoms with Crippen LogP contribution in [0.25, 0.3) is 11.3 Å². The fourth-order valence-electron chi connectivity index (χ4n) is 4.29. The van der Waals surface area contributed by atoms with Gasteiger partial charge in [0.05, 0.1) is 11.2 Å². The SMILES string of the molecule is O=C(CCc1ncc(-c2ccccc2Cl)o1)Nc1cccc(N2CCN(CC3CC3)CC2)c1. The molecule has 2 aliphatic rings. The topological polar surface area (TPSA) is 61.6 Å². The van der Waals surface area contributed by atoms with Gasteiger partial charge in [0.1, 0.15) is 0 Å². The van der Waals surface area contributed by atoms with E-state index in [4.69, 9.17) is 16.0 Å². The van der Waals surface area contributed by atoms with E-state index in [1.807, 2.05) is 36.4 Å². The third kappa shape index (κ3) is 5.75. The standard InChI is InChI=1S/C26H29ClN4O2/c27-23-7-2-1-6-22(23)24-17-28-26(33-24)11-10-25(32)29-20-4-3-5-21(16-20)31-14-12-30(13-15-31)18-19-8-9-19/h1-7,16-17,19H,8-15,18H2,(H,29,32). The second-order valence-electron chi connectivity index (χ2n) is 8.93. The molecule has 1 aromatic heterocycles. The zero-order valence-corrected chi connectivity index (χ0v) is 19.4. The van der Waals surface area contributed by atoms with Gasteiger partial charge in [-0.1, -0.05) is 29.8 Å². The highest BCUT2D eigenvalue weighted by molar-refractivity contribution is 6.33. The quantitative estimate of drug-likeness (QED) is 0.502. The first-order valence-corrected chi connectivity index (χ1v) is 12.1. The molecule has 7 heteroatoms. The van der Waals surface area contributed by atoms with Gasteiger partial charge in [-0.2, -0.15) is 0 Å². The normalized spacial score (nSPS) is 16.7. The summed E-state index contributed by atoms with van der Waals surface area (Å²) in [6, 6.07) is 15.6. The van der Waals surface area contributed by atoms with Crippen molar-refractivity contribution in [2.45, 2.75) is 25.7 Å². The van der Waals surface area contributed by atoms with E-state index in [2.05, 4.69) is 32.2 Å². The van der Waals surface area contributed by atoms with E-state index in [-0.39, 0.29) is 5.91 Å². The fourth-order valence-corrected chi connectivity index (χ4v) is 4.52. The van der Waals surface area contributed by atoms with Gasteiger partial charge in [-0.05, 0) is 49.1 Å². The molecule has 172 valence electrons. The summed E-state index contributed by atoms with van der Waals surface area (Å²) < 4.78 is 5.80. The average Bonchev–Trinajstić information content (AvgIpc) is 3.52. The average molecular weight is 465 g/mol. The number of nitrogens with one attached hydrogen (secondary N) is 1. The summed E-state index contributed by atoms with van der Waals surface area (Å²) in [5, 5.41) is 3.63. The molecule has 1 aliphatic heterocycles. The number of anilines is 2. The number of carbonyl (C=O) groups excluding carboxylic acids is 1. The van der Waals surface area contributed by atoms with Crippen molar-refractivity contribution >= 4 is 28.9 Å². The fraction of sp³-hybridized carbons (Fsp3) is 0.385. The minimum Gasteiger partial charge on any atom is -0.441 e. The number of benzene rings is 2. The third-order valence-corrected chi connectivity index (χ3v) is 6.67. The predicted octanol–water partition coefficient (Wildman–Crippen LogP) is 5.10. The molecule has 2 fully saturated rings. The van der Waals surface area contributed by atoms with Crippen LogP contribution in [-0.2, 0) is 11.2 Å². The van der Waals surface area contributed by atoms with Crippen molar-refractivity contribution in [3.8, 4) is 11.3 Å². The highest BCUT2D eigenvalue weighted by atomic mass is 35.5. The maximum atomic E-state index is 12.5. The first kappa shape index (κ1) is 22.0. The number of aryl methyl sites for hydroxylation is 1. The number of nitrogens with zero attached hydrogens (tertiary/aromatic N) is 3. The van der Waals surface area contributed by atoms with E-state index >= 15 is 0 Å². The molecule has 0 spiro atoms. The molecule has 1 saturated carbocycles. The monoisotopic (exact) mass is 464 g/mol. The first-order chi connectivity index (χ1) is 16.1. The van der Waals surface area contributed by atoms with Crippen LogP contribution in [0.1, 0.15) is 25.2 Å². The zero-order valence-electron chi connectivity index (χ0n) is 18.7. The number of carbonyl (C=O) groups is 1. The summed E-state index contributed by atoms with van der Waals surface area (Å²) in [5.41, 5.74) is 2.78. The number of hydrogen-bond acceptors (Lipinski definition) is 5. The molecule has 1 aliphatic carbocycles. The van der Waals surface area contributed by atoms with E-state index in [0.29, 0.717) is 29.5 Å². The van der Waals surface area contributed by atoms with Crippen molar-refractivity contribution in [2.75, 3.05) is 42.9 Å². The van der Waals surface area contributed by atoms with Gasteiger partial charge >= 0.3 is 0 Å².